The van der Waals surface area contributed by atoms with Gasteiger partial charge in [-0.05, 0) is 13.0 Å². The Hall–Kier alpha value is -1.24. The van der Waals surface area contributed by atoms with Crippen LogP contribution in [-0.4, -0.2) is 17.6 Å². The zero-order valence-electron chi connectivity index (χ0n) is 9.04. The lowest BCUT2D eigenvalue weighted by atomic mass is 10.1. The first-order valence-electron chi connectivity index (χ1n) is 4.81. The van der Waals surface area contributed by atoms with Crippen molar-refractivity contribution in [1.82, 2.24) is 4.98 Å². The van der Waals surface area contributed by atoms with Crippen LogP contribution in [0.1, 0.15) is 35.0 Å². The number of ether oxygens (including phenoxy) is 1. The number of alkyl halides is 3. The van der Waals surface area contributed by atoms with Crippen molar-refractivity contribution >= 4 is 27.7 Å². The van der Waals surface area contributed by atoms with Crippen LogP contribution in [0, 0.1) is 0 Å². The van der Waals surface area contributed by atoms with E-state index in [2.05, 4.69) is 20.9 Å². The molecule has 1 aromatic heterocycles. The van der Waals surface area contributed by atoms with Crippen LogP contribution >= 0.6 is 15.9 Å². The fourth-order valence-electron chi connectivity index (χ4n) is 1.25. The molecule has 0 atom stereocenters. The molecule has 0 aliphatic heterocycles. The average molecular weight is 309 g/mol. The minimum absolute atomic E-state index is 0.00762. The van der Waals surface area contributed by atoms with E-state index in [1.165, 1.54) is 0 Å². The third-order valence-corrected chi connectivity index (χ3v) is 2.55. The number of nitrogens with zero attached hydrogens (tertiary/aromatic N) is 1. The highest BCUT2D eigenvalue weighted by molar-refractivity contribution is 9.08. The van der Waals surface area contributed by atoms with Gasteiger partial charge in [0.15, 0.2) is 0 Å². The van der Waals surface area contributed by atoms with Crippen molar-refractivity contribution in [3.63, 3.8) is 0 Å². The predicted molar refractivity (Wildman–Crippen MR) is 62.2 cm³/mol. The molecule has 0 amide bonds. The number of halogens is 3. The average Bonchev–Trinajstić information content (AvgIpc) is 2.28. The van der Waals surface area contributed by atoms with Crippen molar-refractivity contribution in [2.45, 2.75) is 18.7 Å². The molecule has 0 aliphatic carbocycles. The summed E-state index contributed by atoms with van der Waals surface area (Å²) in [5.41, 5.74) is 5.21. The summed E-state index contributed by atoms with van der Waals surface area (Å²) in [4.78, 5) is 15.3. The molecule has 1 rings (SSSR count). The topological polar surface area (TPSA) is 65.2 Å². The number of nitrogen functional groups attached to an aromatic ring is 1. The summed E-state index contributed by atoms with van der Waals surface area (Å²) in [6.45, 7) is 1.79. The van der Waals surface area contributed by atoms with Gasteiger partial charge in [0.1, 0.15) is 5.82 Å². The van der Waals surface area contributed by atoms with Crippen LogP contribution in [0.5, 0.6) is 0 Å². The second-order valence-electron chi connectivity index (χ2n) is 3.11. The largest absolute Gasteiger partial charge is 0.462 e. The quantitative estimate of drug-likeness (QED) is 0.686. The van der Waals surface area contributed by atoms with E-state index in [9.17, 15) is 13.6 Å². The SMILES string of the molecule is CCOC(=O)c1cc(C(F)F)c(N)nc1CBr. The van der Waals surface area contributed by atoms with Crippen molar-refractivity contribution in [3.05, 3.63) is 22.9 Å². The Morgan fingerprint density at radius 2 is 2.29 bits per heavy atom. The highest BCUT2D eigenvalue weighted by atomic mass is 79.9. The van der Waals surface area contributed by atoms with Gasteiger partial charge in [0.2, 0.25) is 0 Å². The molecule has 0 fully saturated rings. The predicted octanol–water partition coefficient (Wildman–Crippen LogP) is 2.67. The molecule has 0 bridgehead atoms. The van der Waals surface area contributed by atoms with Gasteiger partial charge >= 0.3 is 5.97 Å². The molecule has 0 unspecified atom stereocenters. The van der Waals surface area contributed by atoms with Crippen molar-refractivity contribution < 1.29 is 18.3 Å². The molecule has 7 heteroatoms. The van der Waals surface area contributed by atoms with Gasteiger partial charge in [-0.3, -0.25) is 0 Å². The first-order valence-corrected chi connectivity index (χ1v) is 5.93. The van der Waals surface area contributed by atoms with E-state index in [1.807, 2.05) is 0 Å². The summed E-state index contributed by atoms with van der Waals surface area (Å²) in [5.74, 6) is -0.959. The minimum atomic E-state index is -2.78. The van der Waals surface area contributed by atoms with E-state index in [1.54, 1.807) is 6.92 Å². The van der Waals surface area contributed by atoms with E-state index >= 15 is 0 Å². The smallest absolute Gasteiger partial charge is 0.340 e. The van der Waals surface area contributed by atoms with Crippen LogP contribution in [0.3, 0.4) is 0 Å². The Labute approximate surface area is 105 Å². The maximum atomic E-state index is 12.6. The van der Waals surface area contributed by atoms with Crippen LogP contribution in [0.2, 0.25) is 0 Å². The highest BCUT2D eigenvalue weighted by Crippen LogP contribution is 2.27. The summed E-state index contributed by atoms with van der Waals surface area (Å²) < 4.78 is 30.0. The fraction of sp³-hybridized carbons (Fsp3) is 0.400. The van der Waals surface area contributed by atoms with E-state index in [0.29, 0.717) is 0 Å². The summed E-state index contributed by atoms with van der Waals surface area (Å²) in [5, 5.41) is 0.231. The molecule has 0 saturated heterocycles. The second kappa shape index (κ2) is 5.90. The molecular weight excluding hydrogens is 298 g/mol. The number of aromatic nitrogens is 1. The maximum absolute atomic E-state index is 12.6. The van der Waals surface area contributed by atoms with E-state index in [-0.39, 0.29) is 29.0 Å². The van der Waals surface area contributed by atoms with Crippen LogP contribution in [0.25, 0.3) is 0 Å². The molecule has 0 aromatic carbocycles. The number of anilines is 1. The molecule has 0 aliphatic rings. The number of carbonyl (C=O) groups is 1. The Kier molecular flexibility index (Phi) is 4.80. The molecule has 0 radical (unpaired) electrons. The second-order valence-corrected chi connectivity index (χ2v) is 3.67. The van der Waals surface area contributed by atoms with Gasteiger partial charge in [0.25, 0.3) is 6.43 Å². The Morgan fingerprint density at radius 1 is 1.65 bits per heavy atom. The van der Waals surface area contributed by atoms with Gasteiger partial charge in [0, 0.05) is 5.33 Å². The molecule has 1 aromatic rings. The molecule has 94 valence electrons. The number of pyridine rings is 1. The Balaban J connectivity index is 3.26. The molecule has 0 spiro atoms. The van der Waals surface area contributed by atoms with Crippen LogP contribution in [0.15, 0.2) is 6.07 Å². The van der Waals surface area contributed by atoms with Crippen molar-refractivity contribution in [3.8, 4) is 0 Å². The standard InChI is InChI=1S/C10H11BrF2N2O2/c1-2-17-10(16)5-3-6(8(12)13)9(14)15-7(5)4-11/h3,8H,2,4H2,1H3,(H2,14,15). The van der Waals surface area contributed by atoms with Crippen molar-refractivity contribution in [1.29, 1.82) is 0 Å². The van der Waals surface area contributed by atoms with Crippen molar-refractivity contribution in [2.75, 3.05) is 12.3 Å². The zero-order chi connectivity index (χ0) is 13.0. The van der Waals surface area contributed by atoms with Crippen LogP contribution < -0.4 is 5.73 Å². The van der Waals surface area contributed by atoms with Crippen molar-refractivity contribution in [2.24, 2.45) is 0 Å². The Morgan fingerprint density at radius 3 is 2.76 bits per heavy atom. The first kappa shape index (κ1) is 13.8. The number of rotatable bonds is 4. The third-order valence-electron chi connectivity index (χ3n) is 2.02. The number of nitrogens with two attached hydrogens (primary N) is 1. The van der Waals surface area contributed by atoms with Gasteiger partial charge in [-0.15, -0.1) is 0 Å². The van der Waals surface area contributed by atoms with E-state index in [0.717, 1.165) is 6.07 Å². The van der Waals surface area contributed by atoms with E-state index in [4.69, 9.17) is 10.5 Å². The maximum Gasteiger partial charge on any atom is 0.340 e. The lowest BCUT2D eigenvalue weighted by Gasteiger charge is -2.10. The summed E-state index contributed by atoms with van der Waals surface area (Å²) in [7, 11) is 0. The first-order chi connectivity index (χ1) is 8.01. The Bertz CT molecular complexity index is 427. The van der Waals surface area contributed by atoms with Gasteiger partial charge in [-0.1, -0.05) is 15.9 Å². The lowest BCUT2D eigenvalue weighted by Crippen LogP contribution is -2.12. The minimum Gasteiger partial charge on any atom is -0.462 e. The molecular formula is C10H11BrF2N2O2. The fourth-order valence-corrected chi connectivity index (χ4v) is 1.67. The third kappa shape index (κ3) is 3.12. The summed E-state index contributed by atoms with van der Waals surface area (Å²) in [6.07, 6.45) is -2.78. The van der Waals surface area contributed by atoms with E-state index < -0.39 is 18.0 Å². The molecule has 2 N–H and O–H groups in total. The summed E-state index contributed by atoms with van der Waals surface area (Å²) >= 11 is 3.11. The molecule has 4 nitrogen and oxygen atoms in total. The zero-order valence-corrected chi connectivity index (χ0v) is 10.6. The monoisotopic (exact) mass is 308 g/mol. The molecule has 0 saturated carbocycles. The number of carbonyl (C=O) groups excluding carboxylic acids is 1. The molecule has 17 heavy (non-hydrogen) atoms. The summed E-state index contributed by atoms with van der Waals surface area (Å²) in [6, 6.07) is 1.03. The van der Waals surface area contributed by atoms with Gasteiger partial charge in [-0.2, -0.15) is 0 Å². The number of hydrogen-bond acceptors (Lipinski definition) is 4. The van der Waals surface area contributed by atoms with Gasteiger partial charge in [-0.25, -0.2) is 18.6 Å². The number of hydrogen-bond donors (Lipinski definition) is 1. The van der Waals surface area contributed by atoms with Gasteiger partial charge in [0.05, 0.1) is 23.4 Å². The van der Waals surface area contributed by atoms with Crippen LogP contribution in [-0.2, 0) is 10.1 Å². The normalized spacial score (nSPS) is 10.6. The van der Waals surface area contributed by atoms with Crippen LogP contribution in [0.4, 0.5) is 14.6 Å². The molecule has 1 heterocycles. The van der Waals surface area contributed by atoms with Gasteiger partial charge < -0.3 is 10.5 Å². The lowest BCUT2D eigenvalue weighted by molar-refractivity contribution is 0.0524. The highest BCUT2D eigenvalue weighted by Gasteiger charge is 2.20. The number of esters is 1.